The molecule has 3 aromatic heterocycles. The third-order valence-corrected chi connectivity index (χ3v) is 5.28. The fraction of sp³-hybridized carbons (Fsp3) is 0.125. The van der Waals surface area contributed by atoms with Crippen LogP contribution >= 0.6 is 0 Å². The van der Waals surface area contributed by atoms with E-state index in [2.05, 4.69) is 25.6 Å². The lowest BCUT2D eigenvalue weighted by Gasteiger charge is -2.09. The van der Waals surface area contributed by atoms with E-state index in [1.807, 2.05) is 12.1 Å². The van der Waals surface area contributed by atoms with Crippen LogP contribution in [0.15, 0.2) is 54.9 Å². The molecule has 166 valence electrons. The molecule has 0 saturated carbocycles. The number of nitrogens with zero attached hydrogens (tertiary/aromatic N) is 2. The van der Waals surface area contributed by atoms with Crippen LogP contribution < -0.4 is 16.4 Å². The largest absolute Gasteiger partial charge is 0.383 e. The van der Waals surface area contributed by atoms with Gasteiger partial charge < -0.3 is 21.4 Å². The minimum Gasteiger partial charge on any atom is -0.383 e. The Balaban J connectivity index is 1.67. The van der Waals surface area contributed by atoms with E-state index < -0.39 is 0 Å². The van der Waals surface area contributed by atoms with Gasteiger partial charge in [-0.05, 0) is 36.4 Å². The zero-order valence-electron chi connectivity index (χ0n) is 18.2. The van der Waals surface area contributed by atoms with Crippen LogP contribution in [0.1, 0.15) is 35.0 Å². The molecule has 0 aliphatic carbocycles. The molecule has 3 heterocycles. The van der Waals surface area contributed by atoms with Crippen LogP contribution in [0.2, 0.25) is 0 Å². The Bertz CT molecular complexity index is 1370. The monoisotopic (exact) mass is 441 g/mol. The number of carbonyl (C=O) groups excluding carboxylic acids is 2. The number of aromatic amines is 1. The number of aromatic nitrogens is 3. The Hall–Kier alpha value is -4.53. The number of nitrogens with two attached hydrogens (primary N) is 1. The molecule has 0 atom stereocenters. The Morgan fingerprint density at radius 1 is 1.06 bits per heavy atom. The molecule has 0 bridgehead atoms. The van der Waals surface area contributed by atoms with Crippen molar-refractivity contribution < 1.29 is 9.59 Å². The number of amides is 2. The zero-order chi connectivity index (χ0) is 23.5. The smallest absolute Gasteiger partial charge is 0.251 e. The van der Waals surface area contributed by atoms with E-state index in [0.29, 0.717) is 34.4 Å². The van der Waals surface area contributed by atoms with Crippen molar-refractivity contribution in [3.8, 4) is 11.1 Å². The summed E-state index contributed by atoms with van der Waals surface area (Å²) < 4.78 is 0. The van der Waals surface area contributed by atoms with Gasteiger partial charge in [0.2, 0.25) is 5.91 Å². The Morgan fingerprint density at radius 2 is 1.85 bits per heavy atom. The average molecular weight is 441 g/mol. The molecule has 2 amide bonds. The first kappa shape index (κ1) is 21.7. The molecular formula is C24H23N7O2. The summed E-state index contributed by atoms with van der Waals surface area (Å²) in [6.07, 6.45) is 3.61. The van der Waals surface area contributed by atoms with Crippen LogP contribution in [0, 0.1) is 5.41 Å². The normalized spacial score (nSPS) is 10.7. The van der Waals surface area contributed by atoms with E-state index in [4.69, 9.17) is 11.1 Å². The van der Waals surface area contributed by atoms with Gasteiger partial charge in [-0.15, -0.1) is 0 Å². The second-order valence-electron chi connectivity index (χ2n) is 7.39. The van der Waals surface area contributed by atoms with Gasteiger partial charge in [-0.1, -0.05) is 13.0 Å². The maximum Gasteiger partial charge on any atom is 0.251 e. The summed E-state index contributed by atoms with van der Waals surface area (Å²) in [5, 5.41) is 14.8. The Kier molecular flexibility index (Phi) is 5.86. The number of benzene rings is 1. The van der Waals surface area contributed by atoms with Gasteiger partial charge in [0.15, 0.2) is 0 Å². The molecule has 4 aromatic rings. The van der Waals surface area contributed by atoms with Crippen molar-refractivity contribution >= 4 is 40.1 Å². The summed E-state index contributed by atoms with van der Waals surface area (Å²) in [7, 11) is 1.58. The number of carbonyl (C=O) groups is 2. The molecule has 0 fully saturated rings. The highest BCUT2D eigenvalue weighted by Crippen LogP contribution is 2.26. The number of nitrogens with one attached hydrogen (secondary N) is 4. The molecule has 0 aliphatic heterocycles. The van der Waals surface area contributed by atoms with Crippen molar-refractivity contribution in [1.29, 1.82) is 5.41 Å². The topological polar surface area (TPSA) is 150 Å². The predicted molar refractivity (Wildman–Crippen MR) is 128 cm³/mol. The molecule has 6 N–H and O–H groups in total. The zero-order valence-corrected chi connectivity index (χ0v) is 18.2. The summed E-state index contributed by atoms with van der Waals surface area (Å²) >= 11 is 0. The van der Waals surface area contributed by atoms with E-state index in [1.165, 1.54) is 0 Å². The minimum atomic E-state index is -0.202. The van der Waals surface area contributed by atoms with Crippen LogP contribution in [0.3, 0.4) is 0 Å². The second kappa shape index (κ2) is 8.91. The van der Waals surface area contributed by atoms with Crippen LogP contribution in [-0.2, 0) is 4.79 Å². The molecule has 9 heteroatoms. The molecule has 9 nitrogen and oxygen atoms in total. The first-order chi connectivity index (χ1) is 15.9. The quantitative estimate of drug-likeness (QED) is 0.291. The highest BCUT2D eigenvalue weighted by atomic mass is 16.2. The van der Waals surface area contributed by atoms with Gasteiger partial charge in [-0.25, -0.2) is 9.97 Å². The maximum atomic E-state index is 12.2. The SMILES string of the molecule is CCC(=O)Nc1ccc(-c2cnc(N)c(C(=N)c3cc4c(C(=O)NC)cccc4[nH]3)c2)cn1. The Labute approximate surface area is 190 Å². The number of fused-ring (bicyclic) bond motifs is 1. The molecule has 0 saturated heterocycles. The fourth-order valence-corrected chi connectivity index (χ4v) is 3.47. The van der Waals surface area contributed by atoms with Crippen LogP contribution in [0.4, 0.5) is 11.6 Å². The summed E-state index contributed by atoms with van der Waals surface area (Å²) in [4.78, 5) is 35.5. The highest BCUT2D eigenvalue weighted by Gasteiger charge is 2.17. The lowest BCUT2D eigenvalue weighted by atomic mass is 10.0. The average Bonchev–Trinajstić information content (AvgIpc) is 3.28. The van der Waals surface area contributed by atoms with Gasteiger partial charge in [0, 0.05) is 59.0 Å². The number of anilines is 2. The predicted octanol–water partition coefficient (Wildman–Crippen LogP) is 3.33. The number of hydrogen-bond acceptors (Lipinski definition) is 6. The van der Waals surface area contributed by atoms with Gasteiger partial charge in [0.25, 0.3) is 5.91 Å². The molecule has 0 aliphatic rings. The van der Waals surface area contributed by atoms with E-state index in [0.717, 1.165) is 16.6 Å². The van der Waals surface area contributed by atoms with Crippen LogP contribution in [-0.4, -0.2) is 39.5 Å². The first-order valence-electron chi connectivity index (χ1n) is 10.4. The van der Waals surface area contributed by atoms with Gasteiger partial charge in [-0.2, -0.15) is 0 Å². The van der Waals surface area contributed by atoms with Crippen molar-refractivity contribution in [2.45, 2.75) is 13.3 Å². The fourth-order valence-electron chi connectivity index (χ4n) is 3.47. The summed E-state index contributed by atoms with van der Waals surface area (Å²) in [5.74, 6) is 0.366. The molecule has 0 radical (unpaired) electrons. The summed E-state index contributed by atoms with van der Waals surface area (Å²) in [5.41, 5.74) is 9.98. The van der Waals surface area contributed by atoms with Crippen molar-refractivity contribution in [1.82, 2.24) is 20.3 Å². The van der Waals surface area contributed by atoms with Crippen molar-refractivity contribution in [3.63, 3.8) is 0 Å². The molecule has 4 rings (SSSR count). The number of nitrogen functional groups attached to an aromatic ring is 1. The number of hydrogen-bond donors (Lipinski definition) is 5. The molecule has 0 spiro atoms. The van der Waals surface area contributed by atoms with E-state index in [-0.39, 0.29) is 23.3 Å². The van der Waals surface area contributed by atoms with E-state index in [1.54, 1.807) is 56.7 Å². The molecule has 1 aromatic carbocycles. The van der Waals surface area contributed by atoms with Gasteiger partial charge in [0.1, 0.15) is 11.6 Å². The number of H-pyrrole nitrogens is 1. The van der Waals surface area contributed by atoms with Gasteiger partial charge >= 0.3 is 0 Å². The Morgan fingerprint density at radius 3 is 2.55 bits per heavy atom. The molecule has 33 heavy (non-hydrogen) atoms. The second-order valence-corrected chi connectivity index (χ2v) is 7.39. The standard InChI is InChI=1S/C24H23N7O2/c1-3-21(32)31-20-8-7-13(11-28-20)14-9-17(23(26)29-12-14)22(25)19-10-16-15(24(33)27-2)5-4-6-18(16)30-19/h4-12,25,30H,3H2,1-2H3,(H2,26,29)(H,27,33)(H,28,31,32). The lowest BCUT2D eigenvalue weighted by Crippen LogP contribution is -2.17. The van der Waals surface area contributed by atoms with Gasteiger partial charge in [-0.3, -0.25) is 15.0 Å². The van der Waals surface area contributed by atoms with Crippen LogP contribution in [0.5, 0.6) is 0 Å². The molecule has 0 unspecified atom stereocenters. The molecular weight excluding hydrogens is 418 g/mol. The van der Waals surface area contributed by atoms with E-state index >= 15 is 0 Å². The first-order valence-corrected chi connectivity index (χ1v) is 10.4. The van der Waals surface area contributed by atoms with Crippen molar-refractivity contribution in [3.05, 3.63) is 71.7 Å². The van der Waals surface area contributed by atoms with Crippen molar-refractivity contribution in [2.24, 2.45) is 0 Å². The summed E-state index contributed by atoms with van der Waals surface area (Å²) in [6.45, 7) is 1.77. The van der Waals surface area contributed by atoms with Crippen molar-refractivity contribution in [2.75, 3.05) is 18.1 Å². The van der Waals surface area contributed by atoms with Gasteiger partial charge in [0.05, 0.1) is 11.4 Å². The lowest BCUT2D eigenvalue weighted by molar-refractivity contribution is -0.115. The third-order valence-electron chi connectivity index (χ3n) is 5.28. The number of pyridine rings is 2. The summed E-state index contributed by atoms with van der Waals surface area (Å²) in [6, 6.07) is 12.4. The minimum absolute atomic E-state index is 0.113. The highest BCUT2D eigenvalue weighted by molar-refractivity contribution is 6.16. The third kappa shape index (κ3) is 4.29. The number of rotatable bonds is 6. The van der Waals surface area contributed by atoms with E-state index in [9.17, 15) is 9.59 Å². The maximum absolute atomic E-state index is 12.2. The van der Waals surface area contributed by atoms with Crippen LogP contribution in [0.25, 0.3) is 22.0 Å².